The summed E-state index contributed by atoms with van der Waals surface area (Å²) >= 11 is 1.63. The van der Waals surface area contributed by atoms with Crippen molar-refractivity contribution < 1.29 is 0 Å². The van der Waals surface area contributed by atoms with E-state index in [9.17, 15) is 0 Å². The monoisotopic (exact) mass is 206 g/mol. The first kappa shape index (κ1) is 8.96. The van der Waals surface area contributed by atoms with Crippen LogP contribution in [0.1, 0.15) is 0 Å². The summed E-state index contributed by atoms with van der Waals surface area (Å²) in [5, 5.41) is 6.98. The number of nitrogens with two attached hydrogens (primary N) is 1. The van der Waals surface area contributed by atoms with Crippen molar-refractivity contribution in [1.82, 2.24) is 9.97 Å². The Bertz CT molecular complexity index is 424. The van der Waals surface area contributed by atoms with Crippen molar-refractivity contribution in [2.24, 2.45) is 0 Å². The molecule has 2 aromatic rings. The molecule has 2 aromatic heterocycles. The molecule has 0 atom stereocenters. The third-order valence-electron chi connectivity index (χ3n) is 1.82. The van der Waals surface area contributed by atoms with Gasteiger partial charge in [-0.05, 0) is 11.4 Å². The number of nitrogen functional groups attached to an aromatic ring is 1. The van der Waals surface area contributed by atoms with Gasteiger partial charge in [0.1, 0.15) is 5.82 Å². The molecule has 0 saturated heterocycles. The Morgan fingerprint density at radius 3 is 2.93 bits per heavy atom. The number of anilines is 2. The topological polar surface area (TPSA) is 63.8 Å². The summed E-state index contributed by atoms with van der Waals surface area (Å²) in [5.74, 6) is 1.02. The molecule has 0 saturated carbocycles. The molecule has 0 bridgehead atoms. The summed E-state index contributed by atoms with van der Waals surface area (Å²) in [5.41, 5.74) is 7.50. The largest absolute Gasteiger partial charge is 0.373 e. The van der Waals surface area contributed by atoms with Crippen molar-refractivity contribution in [3.05, 3.63) is 22.9 Å². The second-order valence-corrected chi connectivity index (χ2v) is 3.54. The van der Waals surface area contributed by atoms with Gasteiger partial charge in [-0.3, -0.25) is 0 Å². The molecule has 0 spiro atoms. The molecule has 0 aliphatic heterocycles. The fraction of sp³-hybridized carbons (Fsp3) is 0.111. The molecule has 4 nitrogen and oxygen atoms in total. The molecule has 3 N–H and O–H groups in total. The van der Waals surface area contributed by atoms with E-state index in [2.05, 4.69) is 15.3 Å². The van der Waals surface area contributed by atoms with E-state index in [1.54, 1.807) is 18.4 Å². The molecule has 0 amide bonds. The maximum atomic E-state index is 5.58. The average Bonchev–Trinajstić information content (AvgIpc) is 2.69. The molecule has 0 fully saturated rings. The van der Waals surface area contributed by atoms with Crippen LogP contribution in [-0.2, 0) is 0 Å². The van der Waals surface area contributed by atoms with Gasteiger partial charge in [-0.1, -0.05) is 0 Å². The van der Waals surface area contributed by atoms with Gasteiger partial charge in [0.15, 0.2) is 0 Å². The molecule has 0 unspecified atom stereocenters. The van der Waals surface area contributed by atoms with E-state index in [1.807, 2.05) is 22.9 Å². The van der Waals surface area contributed by atoms with E-state index in [4.69, 9.17) is 5.73 Å². The fourth-order valence-electron chi connectivity index (χ4n) is 1.15. The zero-order valence-electron chi connectivity index (χ0n) is 7.69. The molecular weight excluding hydrogens is 196 g/mol. The lowest BCUT2D eigenvalue weighted by atomic mass is 10.2. The highest BCUT2D eigenvalue weighted by molar-refractivity contribution is 7.08. The van der Waals surface area contributed by atoms with Crippen LogP contribution in [-0.4, -0.2) is 17.0 Å². The number of nitrogens with zero attached hydrogens (tertiary/aromatic N) is 2. The summed E-state index contributed by atoms with van der Waals surface area (Å²) in [6.07, 6.45) is 0. The van der Waals surface area contributed by atoms with Gasteiger partial charge >= 0.3 is 0 Å². The number of hydrogen-bond donors (Lipinski definition) is 2. The molecule has 0 aromatic carbocycles. The molecular formula is C9H10N4S. The first-order chi connectivity index (χ1) is 6.79. The maximum absolute atomic E-state index is 5.58. The number of aromatic nitrogens is 2. The van der Waals surface area contributed by atoms with E-state index < -0.39 is 0 Å². The molecule has 0 aliphatic rings. The molecule has 14 heavy (non-hydrogen) atoms. The van der Waals surface area contributed by atoms with Crippen LogP contribution in [0.2, 0.25) is 0 Å². The van der Waals surface area contributed by atoms with Crippen LogP contribution in [0.15, 0.2) is 22.9 Å². The first-order valence-corrected chi connectivity index (χ1v) is 5.09. The minimum absolute atomic E-state index is 0.290. The van der Waals surface area contributed by atoms with Crippen LogP contribution >= 0.6 is 11.3 Å². The highest BCUT2D eigenvalue weighted by Crippen LogP contribution is 2.22. The quantitative estimate of drug-likeness (QED) is 0.786. The van der Waals surface area contributed by atoms with Crippen molar-refractivity contribution in [2.75, 3.05) is 18.1 Å². The summed E-state index contributed by atoms with van der Waals surface area (Å²) in [7, 11) is 1.80. The third kappa shape index (κ3) is 1.67. The lowest BCUT2D eigenvalue weighted by Gasteiger charge is -2.03. The number of hydrogen-bond acceptors (Lipinski definition) is 5. The predicted octanol–water partition coefficient (Wildman–Crippen LogP) is 1.83. The molecule has 0 aliphatic carbocycles. The van der Waals surface area contributed by atoms with Gasteiger partial charge in [-0.15, -0.1) is 0 Å². The van der Waals surface area contributed by atoms with E-state index in [-0.39, 0.29) is 5.95 Å². The van der Waals surface area contributed by atoms with Crippen LogP contribution in [0.5, 0.6) is 0 Å². The lowest BCUT2D eigenvalue weighted by Crippen LogP contribution is -2.00. The SMILES string of the molecule is CNc1cc(-c2ccsc2)nc(N)n1. The van der Waals surface area contributed by atoms with Crippen LogP contribution < -0.4 is 11.1 Å². The van der Waals surface area contributed by atoms with Crippen molar-refractivity contribution >= 4 is 23.1 Å². The molecule has 0 radical (unpaired) electrons. The highest BCUT2D eigenvalue weighted by Gasteiger charge is 2.03. The van der Waals surface area contributed by atoms with Gasteiger partial charge in [0.05, 0.1) is 5.69 Å². The zero-order chi connectivity index (χ0) is 9.97. The molecule has 72 valence electrons. The van der Waals surface area contributed by atoms with E-state index >= 15 is 0 Å². The lowest BCUT2D eigenvalue weighted by molar-refractivity contribution is 1.18. The Labute approximate surface area is 85.8 Å². The molecule has 5 heteroatoms. The normalized spacial score (nSPS) is 10.1. The van der Waals surface area contributed by atoms with Crippen LogP contribution in [0.4, 0.5) is 11.8 Å². The van der Waals surface area contributed by atoms with Gasteiger partial charge in [-0.25, -0.2) is 4.98 Å². The zero-order valence-corrected chi connectivity index (χ0v) is 8.51. The Kier molecular flexibility index (Phi) is 2.32. The summed E-state index contributed by atoms with van der Waals surface area (Å²) in [6.45, 7) is 0. The summed E-state index contributed by atoms with van der Waals surface area (Å²) < 4.78 is 0. The van der Waals surface area contributed by atoms with Gasteiger partial charge in [0, 0.05) is 24.1 Å². The van der Waals surface area contributed by atoms with Crippen LogP contribution in [0.3, 0.4) is 0 Å². The van der Waals surface area contributed by atoms with Gasteiger partial charge in [0.2, 0.25) is 5.95 Å². The Balaban J connectivity index is 2.48. The number of thiophene rings is 1. The van der Waals surface area contributed by atoms with Crippen LogP contribution in [0, 0.1) is 0 Å². The van der Waals surface area contributed by atoms with E-state index in [1.165, 1.54) is 0 Å². The predicted molar refractivity (Wildman–Crippen MR) is 59.3 cm³/mol. The highest BCUT2D eigenvalue weighted by atomic mass is 32.1. The Hall–Kier alpha value is -1.62. The second kappa shape index (κ2) is 3.63. The average molecular weight is 206 g/mol. The molecule has 2 heterocycles. The minimum Gasteiger partial charge on any atom is -0.373 e. The van der Waals surface area contributed by atoms with Gasteiger partial charge in [-0.2, -0.15) is 16.3 Å². The first-order valence-electron chi connectivity index (χ1n) is 4.14. The molecule has 2 rings (SSSR count). The second-order valence-electron chi connectivity index (χ2n) is 2.76. The minimum atomic E-state index is 0.290. The number of nitrogens with one attached hydrogen (secondary N) is 1. The summed E-state index contributed by atoms with van der Waals surface area (Å²) in [4.78, 5) is 8.18. The standard InChI is InChI=1S/C9H10N4S/c1-11-8-4-7(12-9(10)13-8)6-2-3-14-5-6/h2-5H,1H3,(H3,10,11,12,13). The van der Waals surface area contributed by atoms with Crippen molar-refractivity contribution in [3.63, 3.8) is 0 Å². The Morgan fingerprint density at radius 1 is 1.43 bits per heavy atom. The Morgan fingerprint density at radius 2 is 2.29 bits per heavy atom. The third-order valence-corrected chi connectivity index (χ3v) is 2.50. The summed E-state index contributed by atoms with van der Waals surface area (Å²) in [6, 6.07) is 3.88. The van der Waals surface area contributed by atoms with Crippen molar-refractivity contribution in [2.45, 2.75) is 0 Å². The van der Waals surface area contributed by atoms with Crippen LogP contribution in [0.25, 0.3) is 11.3 Å². The smallest absolute Gasteiger partial charge is 0.222 e. The maximum Gasteiger partial charge on any atom is 0.222 e. The van der Waals surface area contributed by atoms with Crippen molar-refractivity contribution in [1.29, 1.82) is 0 Å². The van der Waals surface area contributed by atoms with Gasteiger partial charge in [0.25, 0.3) is 0 Å². The van der Waals surface area contributed by atoms with E-state index in [0.29, 0.717) is 0 Å². The van der Waals surface area contributed by atoms with Gasteiger partial charge < -0.3 is 11.1 Å². The van der Waals surface area contributed by atoms with E-state index in [0.717, 1.165) is 17.1 Å². The fourth-order valence-corrected chi connectivity index (χ4v) is 1.80. The number of rotatable bonds is 2. The van der Waals surface area contributed by atoms with Crippen molar-refractivity contribution in [3.8, 4) is 11.3 Å².